The molecule has 0 saturated heterocycles. The van der Waals surface area contributed by atoms with Crippen LogP contribution in [0.4, 0.5) is 4.39 Å². The fraction of sp³-hybridized carbons (Fsp3) is 0.429. The normalized spacial score (nSPS) is 9.67. The Hall–Kier alpha value is -1.66. The fourth-order valence-corrected chi connectivity index (χ4v) is 1.54. The van der Waals surface area contributed by atoms with Gasteiger partial charge < -0.3 is 16.0 Å². The minimum absolute atomic E-state index is 0. The molecule has 0 aliphatic rings. The lowest BCUT2D eigenvalue weighted by Gasteiger charge is -2.07. The Labute approximate surface area is 130 Å². The van der Waals surface area contributed by atoms with Gasteiger partial charge in [0.05, 0.1) is 0 Å². The number of rotatable bonds is 7. The molecule has 1 rings (SSSR count). The van der Waals surface area contributed by atoms with Crippen LogP contribution >= 0.6 is 12.4 Å². The van der Waals surface area contributed by atoms with Gasteiger partial charge in [-0.15, -0.1) is 12.4 Å². The van der Waals surface area contributed by atoms with Crippen LogP contribution in [0.2, 0.25) is 0 Å². The zero-order valence-electron chi connectivity index (χ0n) is 12.2. The lowest BCUT2D eigenvalue weighted by molar-refractivity contribution is -0.120. The zero-order valence-corrected chi connectivity index (χ0v) is 13.0. The van der Waals surface area contributed by atoms with E-state index in [1.54, 1.807) is 26.1 Å². The van der Waals surface area contributed by atoms with Crippen LogP contribution in [0.3, 0.4) is 0 Å². The van der Waals surface area contributed by atoms with E-state index in [0.29, 0.717) is 31.6 Å². The van der Waals surface area contributed by atoms with E-state index >= 15 is 0 Å². The van der Waals surface area contributed by atoms with E-state index in [0.717, 1.165) is 0 Å². The lowest BCUT2D eigenvalue weighted by atomic mass is 10.1. The maximum atomic E-state index is 13.3. The van der Waals surface area contributed by atoms with Crippen molar-refractivity contribution in [3.8, 4) is 0 Å². The Morgan fingerprint density at radius 1 is 1.14 bits per heavy atom. The van der Waals surface area contributed by atoms with Gasteiger partial charge in [-0.25, -0.2) is 4.39 Å². The van der Waals surface area contributed by atoms with Crippen LogP contribution in [0, 0.1) is 12.7 Å². The number of carbonyl (C=O) groups excluding carboxylic acids is 2. The molecule has 0 fully saturated rings. The highest BCUT2D eigenvalue weighted by Gasteiger charge is 2.07. The van der Waals surface area contributed by atoms with E-state index in [1.807, 2.05) is 0 Å². The summed E-state index contributed by atoms with van der Waals surface area (Å²) in [5.41, 5.74) is 0.771. The molecule has 1 aromatic rings. The molecule has 21 heavy (non-hydrogen) atoms. The van der Waals surface area contributed by atoms with Crippen molar-refractivity contribution in [2.24, 2.45) is 0 Å². The molecular weight excluding hydrogens is 297 g/mol. The third kappa shape index (κ3) is 7.06. The van der Waals surface area contributed by atoms with E-state index in [1.165, 1.54) is 6.07 Å². The van der Waals surface area contributed by atoms with Crippen molar-refractivity contribution >= 4 is 24.2 Å². The minimum atomic E-state index is -0.405. The standard InChI is InChI=1S/C14H20FN3O2.ClH/c1-10-3-4-11(9-12(10)15)14(20)18-8-7-17-13(19)5-6-16-2;/h3-4,9,16H,5-8H2,1-2H3,(H,17,19)(H,18,20);1H. The van der Waals surface area contributed by atoms with Crippen LogP contribution in [-0.4, -0.2) is 38.5 Å². The van der Waals surface area contributed by atoms with Crippen LogP contribution in [0.5, 0.6) is 0 Å². The van der Waals surface area contributed by atoms with Crippen LogP contribution in [0.25, 0.3) is 0 Å². The van der Waals surface area contributed by atoms with Gasteiger partial charge in [0, 0.05) is 31.6 Å². The molecule has 0 saturated carbocycles. The lowest BCUT2D eigenvalue weighted by Crippen LogP contribution is -2.35. The smallest absolute Gasteiger partial charge is 0.251 e. The first-order valence-electron chi connectivity index (χ1n) is 6.50. The van der Waals surface area contributed by atoms with E-state index in [9.17, 15) is 14.0 Å². The van der Waals surface area contributed by atoms with Crippen molar-refractivity contribution in [1.82, 2.24) is 16.0 Å². The number of nitrogens with one attached hydrogen (secondary N) is 3. The third-order valence-corrected chi connectivity index (χ3v) is 2.77. The molecule has 2 amide bonds. The van der Waals surface area contributed by atoms with Gasteiger partial charge in [-0.05, 0) is 31.7 Å². The minimum Gasteiger partial charge on any atom is -0.354 e. The molecule has 118 valence electrons. The first-order chi connectivity index (χ1) is 9.54. The molecular formula is C14H21ClFN3O2. The Kier molecular flexibility index (Phi) is 9.32. The molecule has 0 aliphatic heterocycles. The van der Waals surface area contributed by atoms with Gasteiger partial charge in [0.15, 0.2) is 0 Å². The quantitative estimate of drug-likeness (QED) is 0.657. The molecule has 0 aliphatic carbocycles. The molecule has 1 aromatic carbocycles. The van der Waals surface area contributed by atoms with Crippen LogP contribution in [0.1, 0.15) is 22.3 Å². The monoisotopic (exact) mass is 317 g/mol. The highest BCUT2D eigenvalue weighted by Crippen LogP contribution is 2.08. The van der Waals surface area contributed by atoms with Crippen LogP contribution in [-0.2, 0) is 4.79 Å². The van der Waals surface area contributed by atoms with Gasteiger partial charge in [-0.2, -0.15) is 0 Å². The zero-order chi connectivity index (χ0) is 15.0. The second-order valence-electron chi connectivity index (χ2n) is 4.42. The average Bonchev–Trinajstić information content (AvgIpc) is 2.44. The van der Waals surface area contributed by atoms with E-state index in [-0.39, 0.29) is 29.8 Å². The molecule has 0 radical (unpaired) electrons. The summed E-state index contributed by atoms with van der Waals surface area (Å²) in [5, 5.41) is 8.17. The Morgan fingerprint density at radius 3 is 2.43 bits per heavy atom. The van der Waals surface area contributed by atoms with Crippen molar-refractivity contribution in [2.75, 3.05) is 26.7 Å². The SMILES string of the molecule is CNCCC(=O)NCCNC(=O)c1ccc(C)c(F)c1.Cl. The predicted molar refractivity (Wildman–Crippen MR) is 82.3 cm³/mol. The Bertz CT molecular complexity index is 483. The molecule has 0 aromatic heterocycles. The van der Waals surface area contributed by atoms with E-state index in [2.05, 4.69) is 16.0 Å². The van der Waals surface area contributed by atoms with Gasteiger partial charge in [-0.1, -0.05) is 6.07 Å². The second-order valence-corrected chi connectivity index (χ2v) is 4.42. The molecule has 3 N–H and O–H groups in total. The highest BCUT2D eigenvalue weighted by atomic mass is 35.5. The maximum Gasteiger partial charge on any atom is 0.251 e. The first-order valence-corrected chi connectivity index (χ1v) is 6.50. The van der Waals surface area contributed by atoms with Gasteiger partial charge in [-0.3, -0.25) is 9.59 Å². The molecule has 5 nitrogen and oxygen atoms in total. The number of halogens is 2. The number of amides is 2. The molecule has 0 heterocycles. The number of aryl methyl sites for hydroxylation is 1. The molecule has 7 heteroatoms. The fourth-order valence-electron chi connectivity index (χ4n) is 1.54. The summed E-state index contributed by atoms with van der Waals surface area (Å²) in [6.07, 6.45) is 0.396. The van der Waals surface area contributed by atoms with Gasteiger partial charge in [0.1, 0.15) is 5.82 Å². The third-order valence-electron chi connectivity index (χ3n) is 2.77. The van der Waals surface area contributed by atoms with E-state index in [4.69, 9.17) is 0 Å². The van der Waals surface area contributed by atoms with Gasteiger partial charge in [0.2, 0.25) is 5.91 Å². The van der Waals surface area contributed by atoms with Crippen molar-refractivity contribution in [3.63, 3.8) is 0 Å². The summed E-state index contributed by atoms with van der Waals surface area (Å²) in [5.74, 6) is -0.832. The molecule has 0 bridgehead atoms. The molecule has 0 atom stereocenters. The summed E-state index contributed by atoms with van der Waals surface area (Å²) in [6, 6.07) is 4.33. The number of hydrogen-bond acceptors (Lipinski definition) is 3. The summed E-state index contributed by atoms with van der Waals surface area (Å²) in [6.45, 7) is 2.90. The summed E-state index contributed by atoms with van der Waals surface area (Å²) < 4.78 is 13.3. The Morgan fingerprint density at radius 2 is 1.81 bits per heavy atom. The topological polar surface area (TPSA) is 70.2 Å². The summed E-state index contributed by atoms with van der Waals surface area (Å²) in [4.78, 5) is 23.0. The first kappa shape index (κ1) is 19.3. The van der Waals surface area contributed by atoms with Crippen LogP contribution in [0.15, 0.2) is 18.2 Å². The van der Waals surface area contributed by atoms with E-state index < -0.39 is 5.82 Å². The highest BCUT2D eigenvalue weighted by molar-refractivity contribution is 5.94. The number of hydrogen-bond donors (Lipinski definition) is 3. The van der Waals surface area contributed by atoms with Crippen LogP contribution < -0.4 is 16.0 Å². The Balaban J connectivity index is 0.00000400. The maximum absolute atomic E-state index is 13.3. The largest absolute Gasteiger partial charge is 0.354 e. The van der Waals surface area contributed by atoms with Gasteiger partial charge in [0.25, 0.3) is 5.91 Å². The summed E-state index contributed by atoms with van der Waals surface area (Å²) in [7, 11) is 1.77. The van der Waals surface area contributed by atoms with Crippen molar-refractivity contribution in [2.45, 2.75) is 13.3 Å². The average molecular weight is 318 g/mol. The predicted octanol–water partition coefficient (Wildman–Crippen LogP) is 1.01. The molecule has 0 unspecified atom stereocenters. The summed E-state index contributed by atoms with van der Waals surface area (Å²) >= 11 is 0. The van der Waals surface area contributed by atoms with Crippen molar-refractivity contribution in [3.05, 3.63) is 35.1 Å². The van der Waals surface area contributed by atoms with Gasteiger partial charge >= 0.3 is 0 Å². The number of carbonyl (C=O) groups is 2. The second kappa shape index (κ2) is 10.1. The number of benzene rings is 1. The van der Waals surface area contributed by atoms with Crippen molar-refractivity contribution in [1.29, 1.82) is 0 Å². The van der Waals surface area contributed by atoms with Crippen molar-refractivity contribution < 1.29 is 14.0 Å². The molecule has 0 spiro atoms.